The number of carbonyl (C=O) groups is 1. The van der Waals surface area contributed by atoms with Crippen LogP contribution in [0.25, 0.3) is 0 Å². The average molecular weight is 359 g/mol. The van der Waals surface area contributed by atoms with E-state index in [0.717, 1.165) is 16.8 Å². The van der Waals surface area contributed by atoms with Gasteiger partial charge in [0.15, 0.2) is 15.9 Å². The highest BCUT2D eigenvalue weighted by atomic mass is 32.2. The van der Waals surface area contributed by atoms with Gasteiger partial charge in [-0.1, -0.05) is 48.0 Å². The molecule has 5 nitrogen and oxygen atoms in total. The fourth-order valence-corrected chi connectivity index (χ4v) is 4.87. The van der Waals surface area contributed by atoms with Gasteiger partial charge in [-0.05, 0) is 19.1 Å². The number of nitrogens with one attached hydrogen (secondary N) is 1. The van der Waals surface area contributed by atoms with E-state index < -0.39 is 15.9 Å². The molecule has 3 rings (SSSR count). The molecule has 2 atom stereocenters. The molecule has 1 saturated heterocycles. The molecule has 0 aliphatic carbocycles. The van der Waals surface area contributed by atoms with Gasteiger partial charge in [0.2, 0.25) is 0 Å². The van der Waals surface area contributed by atoms with Crippen molar-refractivity contribution in [3.63, 3.8) is 0 Å². The first-order chi connectivity index (χ1) is 11.9. The fraction of sp³-hybridized carbons (Fsp3) is 0.316. The number of quaternary nitrogens is 1. The predicted octanol–water partition coefficient (Wildman–Crippen LogP) is 1.43. The Kier molecular flexibility index (Phi) is 5.20. The molecule has 1 fully saturated rings. The lowest BCUT2D eigenvalue weighted by molar-refractivity contribution is -0.710. The van der Waals surface area contributed by atoms with E-state index in [1.54, 1.807) is 0 Å². The molecule has 2 aromatic rings. The number of carbonyl (C=O) groups excluding carboxylic acids is 1. The molecule has 1 amide bonds. The SMILES string of the molecule is Cc1ccc(NC(=O)[C@H]([NH2+][C@@H]2CCS(=O)(=O)C2)c2ccccc2)cc1. The maximum absolute atomic E-state index is 12.9. The Morgan fingerprint density at radius 2 is 1.80 bits per heavy atom. The molecule has 0 spiro atoms. The molecule has 3 N–H and O–H groups in total. The van der Waals surface area contributed by atoms with Crippen LogP contribution < -0.4 is 10.6 Å². The summed E-state index contributed by atoms with van der Waals surface area (Å²) in [5, 5.41) is 4.84. The summed E-state index contributed by atoms with van der Waals surface area (Å²) in [6.45, 7) is 1.99. The van der Waals surface area contributed by atoms with Gasteiger partial charge in [-0.3, -0.25) is 4.79 Å². The van der Waals surface area contributed by atoms with Crippen LogP contribution >= 0.6 is 0 Å². The van der Waals surface area contributed by atoms with Gasteiger partial charge in [0.1, 0.15) is 11.8 Å². The lowest BCUT2D eigenvalue weighted by Gasteiger charge is -2.19. The number of aryl methyl sites for hydroxylation is 1. The highest BCUT2D eigenvalue weighted by molar-refractivity contribution is 7.91. The Balaban J connectivity index is 1.78. The molecule has 0 aromatic heterocycles. The van der Waals surface area contributed by atoms with Gasteiger partial charge in [0, 0.05) is 17.7 Å². The highest BCUT2D eigenvalue weighted by Gasteiger charge is 2.35. The van der Waals surface area contributed by atoms with Crippen LogP contribution in [-0.4, -0.2) is 31.9 Å². The van der Waals surface area contributed by atoms with Crippen molar-refractivity contribution in [1.82, 2.24) is 0 Å². The van der Waals surface area contributed by atoms with Crippen molar-refractivity contribution in [2.24, 2.45) is 0 Å². The molecule has 25 heavy (non-hydrogen) atoms. The van der Waals surface area contributed by atoms with Crippen LogP contribution in [0.3, 0.4) is 0 Å². The smallest absolute Gasteiger partial charge is 0.287 e. The van der Waals surface area contributed by atoms with E-state index in [0.29, 0.717) is 6.42 Å². The zero-order chi connectivity index (χ0) is 17.9. The molecule has 1 heterocycles. The Hall–Kier alpha value is -2.18. The first-order valence-electron chi connectivity index (χ1n) is 8.41. The lowest BCUT2D eigenvalue weighted by Crippen LogP contribution is -2.93. The first-order valence-corrected chi connectivity index (χ1v) is 10.2. The van der Waals surface area contributed by atoms with E-state index in [2.05, 4.69) is 5.32 Å². The number of amides is 1. The first kappa shape index (κ1) is 17.6. The van der Waals surface area contributed by atoms with E-state index >= 15 is 0 Å². The highest BCUT2D eigenvalue weighted by Crippen LogP contribution is 2.16. The van der Waals surface area contributed by atoms with Gasteiger partial charge in [-0.15, -0.1) is 0 Å². The van der Waals surface area contributed by atoms with Crippen molar-refractivity contribution in [3.8, 4) is 0 Å². The number of hydrogen-bond donors (Lipinski definition) is 2. The average Bonchev–Trinajstić information content (AvgIpc) is 2.94. The number of nitrogens with two attached hydrogens (primary N) is 1. The maximum Gasteiger partial charge on any atom is 0.287 e. The van der Waals surface area contributed by atoms with Crippen molar-refractivity contribution in [2.45, 2.75) is 25.4 Å². The summed E-state index contributed by atoms with van der Waals surface area (Å²) in [7, 11) is -2.98. The van der Waals surface area contributed by atoms with Crippen LogP contribution in [0.2, 0.25) is 0 Å². The zero-order valence-electron chi connectivity index (χ0n) is 14.2. The molecule has 1 aliphatic heterocycles. The predicted molar refractivity (Wildman–Crippen MR) is 98.0 cm³/mol. The standard InChI is InChI=1S/C19H22N2O3S/c1-14-7-9-16(10-8-14)21-19(22)18(15-5-3-2-4-6-15)20-17-11-12-25(23,24)13-17/h2-10,17-18,20H,11-13H2,1H3,(H,21,22)/p+1/t17-,18-/m1/s1. The zero-order valence-corrected chi connectivity index (χ0v) is 15.0. The molecular weight excluding hydrogens is 336 g/mol. The Labute approximate surface area is 148 Å². The van der Waals surface area contributed by atoms with E-state index in [-0.39, 0.29) is 23.5 Å². The second kappa shape index (κ2) is 7.37. The number of benzene rings is 2. The number of rotatable bonds is 5. The van der Waals surface area contributed by atoms with Gasteiger partial charge >= 0.3 is 0 Å². The molecule has 132 valence electrons. The van der Waals surface area contributed by atoms with Crippen LogP contribution in [0.1, 0.15) is 23.6 Å². The number of anilines is 1. The van der Waals surface area contributed by atoms with Crippen molar-refractivity contribution < 1.29 is 18.5 Å². The molecular formula is C19H23N2O3S+. The molecule has 2 aromatic carbocycles. The third-order valence-electron chi connectivity index (χ3n) is 4.49. The minimum atomic E-state index is -2.98. The van der Waals surface area contributed by atoms with Crippen molar-refractivity contribution in [2.75, 3.05) is 16.8 Å². The van der Waals surface area contributed by atoms with Gasteiger partial charge in [-0.25, -0.2) is 8.42 Å². The molecule has 6 heteroatoms. The second-order valence-corrected chi connectivity index (χ2v) is 8.83. The Morgan fingerprint density at radius 3 is 2.40 bits per heavy atom. The monoisotopic (exact) mass is 359 g/mol. The number of sulfone groups is 1. The van der Waals surface area contributed by atoms with Crippen LogP contribution in [0.15, 0.2) is 54.6 Å². The van der Waals surface area contributed by atoms with Gasteiger partial charge in [0.25, 0.3) is 5.91 Å². The van der Waals surface area contributed by atoms with E-state index in [9.17, 15) is 13.2 Å². The van der Waals surface area contributed by atoms with Crippen LogP contribution in [0, 0.1) is 6.92 Å². The van der Waals surface area contributed by atoms with Gasteiger partial charge in [-0.2, -0.15) is 0 Å². The van der Waals surface area contributed by atoms with Crippen LogP contribution in [0.5, 0.6) is 0 Å². The molecule has 0 unspecified atom stereocenters. The summed E-state index contributed by atoms with van der Waals surface area (Å²) in [6.07, 6.45) is 0.587. The summed E-state index contributed by atoms with van der Waals surface area (Å²) in [5.74, 6) is 0.197. The summed E-state index contributed by atoms with van der Waals surface area (Å²) >= 11 is 0. The summed E-state index contributed by atoms with van der Waals surface area (Å²) < 4.78 is 23.5. The van der Waals surface area contributed by atoms with Crippen molar-refractivity contribution >= 4 is 21.4 Å². The summed E-state index contributed by atoms with van der Waals surface area (Å²) in [5.41, 5.74) is 2.74. The summed E-state index contributed by atoms with van der Waals surface area (Å²) in [4.78, 5) is 12.9. The third kappa shape index (κ3) is 4.67. The van der Waals surface area contributed by atoms with Crippen molar-refractivity contribution in [1.29, 1.82) is 0 Å². The normalized spacial score (nSPS) is 20.1. The Morgan fingerprint density at radius 1 is 1.12 bits per heavy atom. The molecule has 0 saturated carbocycles. The minimum Gasteiger partial charge on any atom is -0.329 e. The minimum absolute atomic E-state index is 0.0843. The van der Waals surface area contributed by atoms with Crippen LogP contribution in [0.4, 0.5) is 5.69 Å². The lowest BCUT2D eigenvalue weighted by atomic mass is 10.0. The molecule has 0 radical (unpaired) electrons. The fourth-order valence-electron chi connectivity index (χ4n) is 3.11. The largest absolute Gasteiger partial charge is 0.329 e. The summed E-state index contributed by atoms with van der Waals surface area (Å²) in [6, 6.07) is 16.6. The maximum atomic E-state index is 12.9. The Bertz CT molecular complexity index is 833. The molecule has 0 bridgehead atoms. The van der Waals surface area contributed by atoms with E-state index in [1.807, 2.05) is 66.8 Å². The third-order valence-corrected chi connectivity index (χ3v) is 6.29. The second-order valence-electron chi connectivity index (χ2n) is 6.60. The van der Waals surface area contributed by atoms with Crippen LogP contribution in [-0.2, 0) is 14.6 Å². The molecule has 1 aliphatic rings. The van der Waals surface area contributed by atoms with Crippen molar-refractivity contribution in [3.05, 3.63) is 65.7 Å². The van der Waals surface area contributed by atoms with Gasteiger partial charge in [0.05, 0.1) is 5.75 Å². The van der Waals surface area contributed by atoms with E-state index in [4.69, 9.17) is 0 Å². The van der Waals surface area contributed by atoms with E-state index in [1.165, 1.54) is 0 Å². The number of hydrogen-bond acceptors (Lipinski definition) is 3. The topological polar surface area (TPSA) is 79.8 Å². The van der Waals surface area contributed by atoms with Gasteiger partial charge < -0.3 is 10.6 Å². The quantitative estimate of drug-likeness (QED) is 0.847.